The van der Waals surface area contributed by atoms with Crippen molar-refractivity contribution in [1.29, 1.82) is 0 Å². The van der Waals surface area contributed by atoms with Gasteiger partial charge in [-0.15, -0.1) is 0 Å². The lowest BCUT2D eigenvalue weighted by molar-refractivity contribution is 0.401. The quantitative estimate of drug-likeness (QED) is 0.734. The fraction of sp³-hybridized carbons (Fsp3) is 0.190. The van der Waals surface area contributed by atoms with Gasteiger partial charge >= 0.3 is 0 Å². The van der Waals surface area contributed by atoms with Crippen LogP contribution >= 0.6 is 0 Å². The molecule has 7 heteroatoms. The molecule has 2 heterocycles. The number of guanidine groups is 1. The number of hydrogen-bond acceptors (Lipinski definition) is 6. The monoisotopic (exact) mass is 375 g/mol. The Kier molecular flexibility index (Phi) is 4.57. The first-order valence-electron chi connectivity index (χ1n) is 8.97. The number of rotatable bonds is 3. The number of para-hydroxylation sites is 1. The van der Waals surface area contributed by atoms with Crippen LogP contribution in [0.3, 0.4) is 0 Å². The Labute approximate surface area is 162 Å². The van der Waals surface area contributed by atoms with Crippen LogP contribution in [0.15, 0.2) is 64.4 Å². The molecule has 1 atom stereocenters. The van der Waals surface area contributed by atoms with Crippen LogP contribution in [0.1, 0.15) is 23.0 Å². The number of fused-ring (bicyclic) bond motifs is 1. The van der Waals surface area contributed by atoms with Crippen LogP contribution in [0.2, 0.25) is 0 Å². The maximum absolute atomic E-state index is 12.7. The molecule has 3 aromatic rings. The van der Waals surface area contributed by atoms with Gasteiger partial charge in [0.1, 0.15) is 5.75 Å². The minimum Gasteiger partial charge on any atom is -0.496 e. The first-order valence-corrected chi connectivity index (χ1v) is 8.97. The molecule has 0 saturated heterocycles. The van der Waals surface area contributed by atoms with Gasteiger partial charge in [-0.05, 0) is 32.0 Å². The van der Waals surface area contributed by atoms with Gasteiger partial charge in [0.15, 0.2) is 6.17 Å². The highest BCUT2D eigenvalue weighted by Gasteiger charge is 2.27. The fourth-order valence-corrected chi connectivity index (χ4v) is 3.17. The molecule has 0 aliphatic carbocycles. The van der Waals surface area contributed by atoms with Gasteiger partial charge in [0.2, 0.25) is 11.9 Å². The first kappa shape index (κ1) is 17.8. The topological polar surface area (TPSA) is 80.5 Å². The predicted octanol–water partition coefficient (Wildman–Crippen LogP) is 3.31. The summed E-state index contributed by atoms with van der Waals surface area (Å²) in [5.74, 6) is 1.61. The Hall–Kier alpha value is -3.61. The van der Waals surface area contributed by atoms with Crippen LogP contribution in [-0.4, -0.2) is 22.6 Å². The molecule has 0 fully saturated rings. The van der Waals surface area contributed by atoms with E-state index in [2.05, 4.69) is 15.6 Å². The van der Waals surface area contributed by atoms with Crippen molar-refractivity contribution in [3.8, 4) is 5.75 Å². The van der Waals surface area contributed by atoms with Crippen LogP contribution < -0.4 is 20.9 Å². The molecule has 142 valence electrons. The van der Waals surface area contributed by atoms with Crippen LogP contribution in [0.5, 0.6) is 5.75 Å². The Bertz CT molecular complexity index is 1100. The number of anilines is 2. The minimum absolute atomic E-state index is 0.177. The average molecular weight is 375 g/mol. The average Bonchev–Trinajstić information content (AvgIpc) is 2.68. The van der Waals surface area contributed by atoms with Crippen molar-refractivity contribution in [2.75, 3.05) is 17.7 Å². The third kappa shape index (κ3) is 3.34. The van der Waals surface area contributed by atoms with E-state index in [0.717, 1.165) is 11.3 Å². The van der Waals surface area contributed by atoms with Crippen molar-refractivity contribution in [3.63, 3.8) is 0 Å². The molecule has 28 heavy (non-hydrogen) atoms. The fourth-order valence-electron chi connectivity index (χ4n) is 3.17. The van der Waals surface area contributed by atoms with Crippen molar-refractivity contribution in [2.24, 2.45) is 4.99 Å². The van der Waals surface area contributed by atoms with Gasteiger partial charge in [-0.1, -0.05) is 35.9 Å². The van der Waals surface area contributed by atoms with E-state index in [-0.39, 0.29) is 5.56 Å². The molecule has 2 N–H and O–H groups in total. The number of ether oxygens (including phenoxy) is 1. The third-order valence-electron chi connectivity index (χ3n) is 4.54. The highest BCUT2D eigenvalue weighted by Crippen LogP contribution is 2.31. The Morgan fingerprint density at radius 1 is 1.11 bits per heavy atom. The number of hydrogen-bond donors (Lipinski definition) is 2. The highest BCUT2D eigenvalue weighted by atomic mass is 16.5. The number of aryl methyl sites for hydroxylation is 2. The Balaban J connectivity index is 1.82. The standard InChI is InChI=1S/C21H21N5O2/c1-13-8-10-15(11-9-13)23-20-24-19(16-6-4-5-7-17(16)28-3)26-18(27)12-14(2)22-21(26)25-20/h4-12,19H,1-3H3,(H2,22,23,24,25)/t19-/m1/s1. The molecule has 0 spiro atoms. The minimum atomic E-state index is -0.596. The molecule has 7 nitrogen and oxygen atoms in total. The summed E-state index contributed by atoms with van der Waals surface area (Å²) in [4.78, 5) is 22.0. The summed E-state index contributed by atoms with van der Waals surface area (Å²) in [6.45, 7) is 3.83. The second-order valence-electron chi connectivity index (χ2n) is 6.64. The van der Waals surface area contributed by atoms with Gasteiger partial charge in [0, 0.05) is 23.0 Å². The Morgan fingerprint density at radius 3 is 2.61 bits per heavy atom. The van der Waals surface area contributed by atoms with Crippen molar-refractivity contribution in [1.82, 2.24) is 9.55 Å². The summed E-state index contributed by atoms with van der Waals surface area (Å²) in [5, 5.41) is 6.40. The van der Waals surface area contributed by atoms with Crippen molar-refractivity contribution >= 4 is 17.6 Å². The van der Waals surface area contributed by atoms with E-state index < -0.39 is 6.17 Å². The van der Waals surface area contributed by atoms with Crippen LogP contribution in [0, 0.1) is 13.8 Å². The van der Waals surface area contributed by atoms with Gasteiger partial charge < -0.3 is 10.1 Å². The van der Waals surface area contributed by atoms with Crippen molar-refractivity contribution in [2.45, 2.75) is 20.0 Å². The van der Waals surface area contributed by atoms with E-state index in [4.69, 9.17) is 9.73 Å². The van der Waals surface area contributed by atoms with E-state index in [1.165, 1.54) is 16.2 Å². The lowest BCUT2D eigenvalue weighted by Gasteiger charge is -2.27. The van der Waals surface area contributed by atoms with Gasteiger partial charge in [-0.25, -0.2) is 9.98 Å². The third-order valence-corrected chi connectivity index (χ3v) is 4.54. The summed E-state index contributed by atoms with van der Waals surface area (Å²) in [7, 11) is 1.60. The summed E-state index contributed by atoms with van der Waals surface area (Å²) < 4.78 is 7.03. The molecule has 0 saturated carbocycles. The molecule has 0 radical (unpaired) electrons. The lowest BCUT2D eigenvalue weighted by atomic mass is 10.1. The van der Waals surface area contributed by atoms with Gasteiger partial charge in [-0.2, -0.15) is 0 Å². The summed E-state index contributed by atoms with van der Waals surface area (Å²) >= 11 is 0. The molecule has 0 unspecified atom stereocenters. The SMILES string of the molecule is COc1ccccc1[C@@H]1N=C(Nc2ccc(C)cc2)Nc2nc(C)cc(=O)n21. The van der Waals surface area contributed by atoms with E-state index in [9.17, 15) is 4.79 Å². The van der Waals surface area contributed by atoms with E-state index in [0.29, 0.717) is 23.4 Å². The molecule has 2 aromatic carbocycles. The molecule has 0 bridgehead atoms. The number of aromatic nitrogens is 2. The zero-order valence-corrected chi connectivity index (χ0v) is 15.9. The second kappa shape index (κ2) is 7.19. The van der Waals surface area contributed by atoms with E-state index >= 15 is 0 Å². The number of nitrogens with zero attached hydrogens (tertiary/aromatic N) is 3. The first-order chi connectivity index (χ1) is 13.5. The van der Waals surface area contributed by atoms with Crippen LogP contribution in [0.4, 0.5) is 11.6 Å². The van der Waals surface area contributed by atoms with Gasteiger partial charge in [0.25, 0.3) is 5.56 Å². The number of aliphatic imine (C=N–C) groups is 1. The molecular formula is C21H21N5O2. The van der Waals surface area contributed by atoms with E-state index in [1.807, 2.05) is 55.5 Å². The Morgan fingerprint density at radius 2 is 1.86 bits per heavy atom. The maximum atomic E-state index is 12.7. The predicted molar refractivity (Wildman–Crippen MR) is 110 cm³/mol. The molecular weight excluding hydrogens is 354 g/mol. The summed E-state index contributed by atoms with van der Waals surface area (Å²) in [5.41, 5.74) is 3.30. The van der Waals surface area contributed by atoms with Crippen molar-refractivity contribution < 1.29 is 4.74 Å². The van der Waals surface area contributed by atoms with E-state index in [1.54, 1.807) is 14.0 Å². The smallest absolute Gasteiger partial charge is 0.257 e. The normalized spacial score (nSPS) is 15.2. The number of nitrogens with one attached hydrogen (secondary N) is 2. The molecule has 1 aliphatic rings. The molecule has 1 aliphatic heterocycles. The summed E-state index contributed by atoms with van der Waals surface area (Å²) in [6, 6.07) is 17.0. The lowest BCUT2D eigenvalue weighted by Crippen LogP contribution is -2.37. The van der Waals surface area contributed by atoms with Gasteiger partial charge in [-0.3, -0.25) is 14.7 Å². The van der Waals surface area contributed by atoms with Crippen LogP contribution in [0.25, 0.3) is 0 Å². The molecule has 0 amide bonds. The van der Waals surface area contributed by atoms with Gasteiger partial charge in [0.05, 0.1) is 7.11 Å². The maximum Gasteiger partial charge on any atom is 0.257 e. The molecule has 4 rings (SSSR count). The van der Waals surface area contributed by atoms with Crippen molar-refractivity contribution in [3.05, 3.63) is 81.8 Å². The number of methoxy groups -OCH3 is 1. The zero-order chi connectivity index (χ0) is 19.7. The highest BCUT2D eigenvalue weighted by molar-refractivity contribution is 6.03. The zero-order valence-electron chi connectivity index (χ0n) is 15.9. The molecule has 1 aromatic heterocycles. The number of benzene rings is 2. The summed E-state index contributed by atoms with van der Waals surface area (Å²) in [6.07, 6.45) is -0.596. The largest absolute Gasteiger partial charge is 0.496 e. The second-order valence-corrected chi connectivity index (χ2v) is 6.64. The van der Waals surface area contributed by atoms with Crippen LogP contribution in [-0.2, 0) is 0 Å².